The smallest absolute Gasteiger partial charge is 0.251 e. The van der Waals surface area contributed by atoms with Crippen LogP contribution in [-0.2, 0) is 6.54 Å². The maximum absolute atomic E-state index is 14.5. The van der Waals surface area contributed by atoms with Crippen molar-refractivity contribution in [2.45, 2.75) is 32.1 Å². The van der Waals surface area contributed by atoms with Gasteiger partial charge in [0.05, 0.1) is 0 Å². The van der Waals surface area contributed by atoms with Gasteiger partial charge < -0.3 is 5.32 Å². The molecule has 3 rings (SSSR count). The number of amides is 1. The number of halogens is 4. The Morgan fingerprint density at radius 3 is 2.43 bits per heavy atom. The zero-order chi connectivity index (χ0) is 22.0. The first-order valence-corrected chi connectivity index (χ1v) is 10.7. The quantitative estimate of drug-likeness (QED) is 0.372. The summed E-state index contributed by atoms with van der Waals surface area (Å²) < 4.78 is 28.1. The highest BCUT2D eigenvalue weighted by atomic mass is 79.9. The van der Waals surface area contributed by atoms with Crippen molar-refractivity contribution in [1.82, 2.24) is 5.32 Å². The topological polar surface area (TPSA) is 29.1 Å². The summed E-state index contributed by atoms with van der Waals surface area (Å²) in [6.07, 6.45) is 0. The van der Waals surface area contributed by atoms with Crippen molar-refractivity contribution in [3.63, 3.8) is 0 Å². The summed E-state index contributed by atoms with van der Waals surface area (Å²) in [5.74, 6) is -1.57. The average molecular weight is 493 g/mol. The molecule has 0 aromatic heterocycles. The predicted molar refractivity (Wildman–Crippen MR) is 121 cm³/mol. The summed E-state index contributed by atoms with van der Waals surface area (Å²) in [7, 11) is 0. The van der Waals surface area contributed by atoms with Crippen molar-refractivity contribution in [3.05, 3.63) is 93.0 Å². The molecule has 1 atom stereocenters. The molecule has 0 radical (unpaired) electrons. The van der Waals surface area contributed by atoms with Gasteiger partial charge in [-0.3, -0.25) is 4.79 Å². The number of rotatable bonds is 5. The fraction of sp³-hybridized carbons (Fsp3) is 0.208. The number of alkyl halides is 1. The van der Waals surface area contributed by atoms with Gasteiger partial charge in [0.15, 0.2) is 0 Å². The molecule has 6 heteroatoms. The van der Waals surface area contributed by atoms with E-state index in [1.165, 1.54) is 6.07 Å². The summed E-state index contributed by atoms with van der Waals surface area (Å²) in [4.78, 5) is 12.8. The van der Waals surface area contributed by atoms with Gasteiger partial charge in [-0.1, -0.05) is 39.7 Å². The Hall–Kier alpha value is -2.24. The fourth-order valence-electron chi connectivity index (χ4n) is 3.33. The normalized spacial score (nSPS) is 12.0. The van der Waals surface area contributed by atoms with Crippen LogP contribution in [0.3, 0.4) is 0 Å². The molecule has 156 valence electrons. The molecule has 1 unspecified atom stereocenters. The van der Waals surface area contributed by atoms with E-state index in [1.807, 2.05) is 32.0 Å². The van der Waals surface area contributed by atoms with Crippen LogP contribution in [0.4, 0.5) is 8.78 Å². The third-order valence-corrected chi connectivity index (χ3v) is 5.85. The highest BCUT2D eigenvalue weighted by Crippen LogP contribution is 2.32. The van der Waals surface area contributed by atoms with Crippen molar-refractivity contribution in [2.24, 2.45) is 0 Å². The Balaban J connectivity index is 1.94. The molecular weight excluding hydrogens is 472 g/mol. The lowest BCUT2D eigenvalue weighted by atomic mass is 9.95. The number of carbonyl (C=O) groups excluding carboxylic acids is 1. The minimum Gasteiger partial charge on any atom is -0.348 e. The molecule has 0 aliphatic carbocycles. The molecular formula is C24H21BrClF2NO. The zero-order valence-corrected chi connectivity index (χ0v) is 19.2. The first kappa shape index (κ1) is 22.4. The first-order valence-electron chi connectivity index (χ1n) is 9.44. The van der Waals surface area contributed by atoms with Crippen molar-refractivity contribution < 1.29 is 13.6 Å². The zero-order valence-electron chi connectivity index (χ0n) is 16.8. The van der Waals surface area contributed by atoms with Crippen molar-refractivity contribution in [1.29, 1.82) is 0 Å². The van der Waals surface area contributed by atoms with Crippen LogP contribution >= 0.6 is 27.5 Å². The lowest BCUT2D eigenvalue weighted by Crippen LogP contribution is -2.23. The monoisotopic (exact) mass is 491 g/mol. The second-order valence-electron chi connectivity index (χ2n) is 7.31. The number of benzene rings is 3. The van der Waals surface area contributed by atoms with E-state index in [2.05, 4.69) is 21.2 Å². The molecule has 30 heavy (non-hydrogen) atoms. The van der Waals surface area contributed by atoms with Crippen LogP contribution in [-0.4, -0.2) is 5.91 Å². The Kier molecular flexibility index (Phi) is 6.94. The molecule has 0 fully saturated rings. The van der Waals surface area contributed by atoms with Gasteiger partial charge in [-0.15, -0.1) is 0 Å². The second kappa shape index (κ2) is 9.27. The highest BCUT2D eigenvalue weighted by molar-refractivity contribution is 9.09. The van der Waals surface area contributed by atoms with E-state index in [9.17, 15) is 13.6 Å². The summed E-state index contributed by atoms with van der Waals surface area (Å²) in [6.45, 7) is 5.81. The fourth-order valence-corrected chi connectivity index (χ4v) is 3.71. The molecule has 0 bridgehead atoms. The van der Waals surface area contributed by atoms with Gasteiger partial charge in [0.25, 0.3) is 5.91 Å². The summed E-state index contributed by atoms with van der Waals surface area (Å²) in [6, 6.07) is 12.9. The van der Waals surface area contributed by atoms with Crippen LogP contribution in [0.2, 0.25) is 5.02 Å². The number of nitrogens with one attached hydrogen (secondary N) is 1. The molecule has 2 nitrogen and oxygen atoms in total. The Morgan fingerprint density at radius 2 is 1.80 bits per heavy atom. The number of aryl methyl sites for hydroxylation is 2. The standard InChI is InChI=1S/C24H21BrClF2NO/c1-13-6-16(4-5-21(13)26)12-29-24(30)19-9-17(15(3)25)8-18(10-19)23-14(2)7-20(27)11-22(23)28/h4-11,15H,12H2,1-3H3,(H,29,30). The minimum absolute atomic E-state index is 0.0493. The van der Waals surface area contributed by atoms with Gasteiger partial charge >= 0.3 is 0 Å². The molecule has 0 heterocycles. The van der Waals surface area contributed by atoms with E-state index in [4.69, 9.17) is 11.6 Å². The Labute approximate surface area is 188 Å². The van der Waals surface area contributed by atoms with Gasteiger partial charge in [-0.25, -0.2) is 8.78 Å². The summed E-state index contributed by atoms with van der Waals surface area (Å²) in [5.41, 5.74) is 4.37. The summed E-state index contributed by atoms with van der Waals surface area (Å²) >= 11 is 9.56. The van der Waals surface area contributed by atoms with Crippen LogP contribution in [0.5, 0.6) is 0 Å². The largest absolute Gasteiger partial charge is 0.348 e. The van der Waals surface area contributed by atoms with Crippen LogP contribution < -0.4 is 5.32 Å². The van der Waals surface area contributed by atoms with E-state index in [-0.39, 0.29) is 16.3 Å². The third kappa shape index (κ3) is 5.08. The van der Waals surface area contributed by atoms with E-state index < -0.39 is 11.6 Å². The molecule has 1 amide bonds. The SMILES string of the molecule is Cc1cc(CNC(=O)c2cc(-c3c(C)cc(F)cc3F)cc(C(C)Br)c2)ccc1Cl. The van der Waals surface area contributed by atoms with Crippen molar-refractivity contribution in [3.8, 4) is 11.1 Å². The molecule has 1 N–H and O–H groups in total. The van der Waals surface area contributed by atoms with E-state index >= 15 is 0 Å². The van der Waals surface area contributed by atoms with Crippen LogP contribution in [0, 0.1) is 25.5 Å². The average Bonchev–Trinajstić information content (AvgIpc) is 2.67. The van der Waals surface area contributed by atoms with E-state index in [1.54, 1.807) is 25.1 Å². The maximum atomic E-state index is 14.5. The van der Waals surface area contributed by atoms with Gasteiger partial charge in [-0.2, -0.15) is 0 Å². The van der Waals surface area contributed by atoms with Gasteiger partial charge in [-0.05, 0) is 78.9 Å². The Bertz CT molecular complexity index is 1090. The minimum atomic E-state index is -0.658. The van der Waals surface area contributed by atoms with Crippen LogP contribution in [0.15, 0.2) is 48.5 Å². The number of carbonyl (C=O) groups is 1. The molecule has 0 aliphatic rings. The Morgan fingerprint density at radius 1 is 1.07 bits per heavy atom. The lowest BCUT2D eigenvalue weighted by molar-refractivity contribution is 0.0951. The maximum Gasteiger partial charge on any atom is 0.251 e. The second-order valence-corrected chi connectivity index (χ2v) is 9.09. The van der Waals surface area contributed by atoms with E-state index in [0.717, 1.165) is 22.8 Å². The van der Waals surface area contributed by atoms with Gasteiger partial charge in [0.1, 0.15) is 11.6 Å². The van der Waals surface area contributed by atoms with Crippen LogP contribution in [0.1, 0.15) is 44.4 Å². The number of hydrogen-bond acceptors (Lipinski definition) is 1. The highest BCUT2D eigenvalue weighted by Gasteiger charge is 2.16. The van der Waals surface area contributed by atoms with Crippen molar-refractivity contribution in [2.75, 3.05) is 0 Å². The van der Waals surface area contributed by atoms with Gasteiger partial charge in [0, 0.05) is 33.6 Å². The van der Waals surface area contributed by atoms with Crippen molar-refractivity contribution >= 4 is 33.4 Å². The molecule has 0 saturated heterocycles. The molecule has 0 aliphatic heterocycles. The third-order valence-electron chi connectivity index (χ3n) is 4.89. The van der Waals surface area contributed by atoms with E-state index in [0.29, 0.717) is 28.3 Å². The lowest BCUT2D eigenvalue weighted by Gasteiger charge is -2.14. The molecule has 0 saturated carbocycles. The molecule has 3 aromatic carbocycles. The van der Waals surface area contributed by atoms with Crippen LogP contribution in [0.25, 0.3) is 11.1 Å². The first-order chi connectivity index (χ1) is 14.2. The van der Waals surface area contributed by atoms with Gasteiger partial charge in [0.2, 0.25) is 0 Å². The summed E-state index contributed by atoms with van der Waals surface area (Å²) in [5, 5.41) is 3.57. The molecule has 0 spiro atoms. The predicted octanol–water partition coefficient (Wildman–Crippen LogP) is 7.29. The molecule has 3 aromatic rings. The number of hydrogen-bond donors (Lipinski definition) is 1.